The van der Waals surface area contributed by atoms with Crippen LogP contribution in [0.5, 0.6) is 0 Å². The predicted octanol–water partition coefficient (Wildman–Crippen LogP) is 3.13. The van der Waals surface area contributed by atoms with Crippen molar-refractivity contribution in [2.45, 2.75) is 46.2 Å². The number of hydrogen-bond acceptors (Lipinski definition) is 4. The van der Waals surface area contributed by atoms with Crippen molar-refractivity contribution >= 4 is 22.1 Å². The van der Waals surface area contributed by atoms with E-state index < -0.39 is 0 Å². The maximum atomic E-state index is 4.91. The number of rotatable bonds is 7. The molecule has 20 heavy (non-hydrogen) atoms. The van der Waals surface area contributed by atoms with Gasteiger partial charge in [0.25, 0.3) is 0 Å². The topological polar surface area (TPSA) is 32.6 Å². The van der Waals surface area contributed by atoms with Gasteiger partial charge < -0.3 is 10.2 Å². The molecular weight excluding hydrogens is 268 g/mol. The van der Waals surface area contributed by atoms with Crippen molar-refractivity contribution in [2.75, 3.05) is 18.0 Å². The molecule has 110 valence electrons. The molecule has 4 nitrogen and oxygen atoms in total. The minimum absolute atomic E-state index is 0.669. The number of imidazole rings is 1. The zero-order valence-corrected chi connectivity index (χ0v) is 13.4. The van der Waals surface area contributed by atoms with E-state index in [9.17, 15) is 0 Å². The van der Waals surface area contributed by atoms with Crippen molar-refractivity contribution in [3.05, 3.63) is 17.3 Å². The third-order valence-electron chi connectivity index (χ3n) is 3.70. The quantitative estimate of drug-likeness (QED) is 0.851. The first-order chi connectivity index (χ1) is 9.70. The van der Waals surface area contributed by atoms with Gasteiger partial charge in [-0.1, -0.05) is 20.8 Å². The van der Waals surface area contributed by atoms with Gasteiger partial charge in [-0.15, -0.1) is 11.3 Å². The van der Waals surface area contributed by atoms with Gasteiger partial charge in [-0.2, -0.15) is 0 Å². The monoisotopic (exact) mass is 292 g/mol. The Morgan fingerprint density at radius 3 is 2.95 bits per heavy atom. The average Bonchev–Trinajstić information content (AvgIpc) is 3.05. The van der Waals surface area contributed by atoms with Gasteiger partial charge in [0.2, 0.25) is 0 Å². The van der Waals surface area contributed by atoms with Crippen LogP contribution >= 0.6 is 11.3 Å². The Morgan fingerprint density at radius 1 is 1.50 bits per heavy atom. The molecule has 0 aromatic carbocycles. The fraction of sp³-hybridized carbons (Fsp3) is 0.667. The summed E-state index contributed by atoms with van der Waals surface area (Å²) in [6, 6.07) is 0.711. The molecule has 0 unspecified atom stereocenters. The van der Waals surface area contributed by atoms with Gasteiger partial charge in [0.1, 0.15) is 0 Å². The van der Waals surface area contributed by atoms with Crippen molar-refractivity contribution in [1.29, 1.82) is 0 Å². The molecule has 3 rings (SSSR count). The Balaban J connectivity index is 1.96. The van der Waals surface area contributed by atoms with Crippen LogP contribution in [-0.4, -0.2) is 28.5 Å². The van der Waals surface area contributed by atoms with Crippen molar-refractivity contribution in [3.8, 4) is 0 Å². The number of nitrogens with zero attached hydrogens (tertiary/aromatic N) is 3. The highest BCUT2D eigenvalue weighted by Gasteiger charge is 2.33. The molecule has 1 aliphatic carbocycles. The first-order valence-electron chi connectivity index (χ1n) is 7.62. The molecule has 2 aromatic heterocycles. The molecule has 0 saturated heterocycles. The minimum atomic E-state index is 0.669. The number of aromatic nitrogens is 2. The third kappa shape index (κ3) is 2.69. The standard InChI is InChI=1S/C15H24N4S/c1-4-16-9-13-14(17-15-18(13)7-8-20-15)19(10-11(2)3)12-5-6-12/h7-8,11-12,16H,4-6,9-10H2,1-3H3. The minimum Gasteiger partial charge on any atom is -0.352 e. The first kappa shape index (κ1) is 13.9. The highest BCUT2D eigenvalue weighted by atomic mass is 32.1. The number of fused-ring (bicyclic) bond motifs is 1. The summed E-state index contributed by atoms with van der Waals surface area (Å²) in [5.74, 6) is 1.87. The summed E-state index contributed by atoms with van der Waals surface area (Å²) in [5, 5.41) is 5.57. The fourth-order valence-corrected chi connectivity index (χ4v) is 3.37. The highest BCUT2D eigenvalue weighted by molar-refractivity contribution is 7.15. The van der Waals surface area contributed by atoms with Gasteiger partial charge in [-0.3, -0.25) is 4.40 Å². The van der Waals surface area contributed by atoms with Gasteiger partial charge >= 0.3 is 0 Å². The summed E-state index contributed by atoms with van der Waals surface area (Å²) in [6.07, 6.45) is 4.78. The van der Waals surface area contributed by atoms with Crippen LogP contribution in [0, 0.1) is 5.92 Å². The van der Waals surface area contributed by atoms with Crippen LogP contribution in [0.4, 0.5) is 5.82 Å². The summed E-state index contributed by atoms with van der Waals surface area (Å²) in [4.78, 5) is 8.56. The number of nitrogens with one attached hydrogen (secondary N) is 1. The molecule has 5 heteroatoms. The summed E-state index contributed by atoms with van der Waals surface area (Å²) in [5.41, 5.74) is 1.32. The van der Waals surface area contributed by atoms with E-state index >= 15 is 0 Å². The van der Waals surface area contributed by atoms with Crippen LogP contribution in [-0.2, 0) is 6.54 Å². The normalized spacial score (nSPS) is 15.4. The van der Waals surface area contributed by atoms with E-state index in [4.69, 9.17) is 4.98 Å². The van der Waals surface area contributed by atoms with Crippen molar-refractivity contribution in [1.82, 2.24) is 14.7 Å². The van der Waals surface area contributed by atoms with Crippen LogP contribution in [0.3, 0.4) is 0 Å². The molecule has 0 radical (unpaired) electrons. The van der Waals surface area contributed by atoms with Gasteiger partial charge in [0.15, 0.2) is 10.8 Å². The highest BCUT2D eigenvalue weighted by Crippen LogP contribution is 2.35. The molecule has 0 atom stereocenters. The number of thiazole rings is 1. The summed E-state index contributed by atoms with van der Waals surface area (Å²) in [7, 11) is 0. The lowest BCUT2D eigenvalue weighted by Crippen LogP contribution is -2.31. The summed E-state index contributed by atoms with van der Waals surface area (Å²) < 4.78 is 2.25. The lowest BCUT2D eigenvalue weighted by atomic mass is 10.2. The van der Waals surface area contributed by atoms with Crippen LogP contribution in [0.15, 0.2) is 11.6 Å². The Labute approximate surface area is 124 Å². The van der Waals surface area contributed by atoms with Crippen molar-refractivity contribution < 1.29 is 0 Å². The van der Waals surface area contributed by atoms with Crippen LogP contribution in [0.1, 0.15) is 39.3 Å². The van der Waals surface area contributed by atoms with Crippen LogP contribution in [0.2, 0.25) is 0 Å². The zero-order valence-electron chi connectivity index (χ0n) is 12.6. The SMILES string of the molecule is CCNCc1c(N(CC(C)C)C2CC2)nc2sccn12. The van der Waals surface area contributed by atoms with E-state index in [0.717, 1.165) is 24.6 Å². The molecule has 1 fully saturated rings. The molecular formula is C15H24N4S. The lowest BCUT2D eigenvalue weighted by Gasteiger charge is -2.25. The molecule has 0 spiro atoms. The van der Waals surface area contributed by atoms with Gasteiger partial charge in [-0.25, -0.2) is 4.98 Å². The molecule has 0 amide bonds. The first-order valence-corrected chi connectivity index (χ1v) is 8.50. The van der Waals surface area contributed by atoms with Crippen molar-refractivity contribution in [2.24, 2.45) is 5.92 Å². The second-order valence-electron chi connectivity index (χ2n) is 6.00. The molecule has 2 heterocycles. The average molecular weight is 292 g/mol. The van der Waals surface area contributed by atoms with Gasteiger partial charge in [0, 0.05) is 30.7 Å². The Kier molecular flexibility index (Phi) is 3.98. The van der Waals surface area contributed by atoms with E-state index in [0.29, 0.717) is 12.0 Å². The van der Waals surface area contributed by atoms with E-state index in [-0.39, 0.29) is 0 Å². The Morgan fingerprint density at radius 2 is 2.30 bits per heavy atom. The van der Waals surface area contributed by atoms with Gasteiger partial charge in [0.05, 0.1) is 5.69 Å². The maximum Gasteiger partial charge on any atom is 0.195 e. The van der Waals surface area contributed by atoms with E-state index in [1.54, 1.807) is 11.3 Å². The second kappa shape index (κ2) is 5.74. The van der Waals surface area contributed by atoms with Gasteiger partial charge in [-0.05, 0) is 25.3 Å². The van der Waals surface area contributed by atoms with Crippen molar-refractivity contribution in [3.63, 3.8) is 0 Å². The number of hydrogen-bond donors (Lipinski definition) is 1. The molecule has 2 aromatic rings. The van der Waals surface area contributed by atoms with E-state index in [2.05, 4.69) is 47.0 Å². The van der Waals surface area contributed by atoms with E-state index in [1.165, 1.54) is 24.4 Å². The predicted molar refractivity (Wildman–Crippen MR) is 85.7 cm³/mol. The smallest absolute Gasteiger partial charge is 0.195 e. The molecule has 1 N–H and O–H groups in total. The molecule has 1 saturated carbocycles. The zero-order chi connectivity index (χ0) is 14.1. The lowest BCUT2D eigenvalue weighted by molar-refractivity contribution is 0.598. The Bertz CT molecular complexity index is 567. The Hall–Kier alpha value is -1.07. The molecule has 0 aliphatic heterocycles. The number of anilines is 1. The van der Waals surface area contributed by atoms with Crippen LogP contribution < -0.4 is 10.2 Å². The molecule has 1 aliphatic rings. The van der Waals surface area contributed by atoms with E-state index in [1.807, 2.05) is 0 Å². The van der Waals surface area contributed by atoms with Crippen LogP contribution in [0.25, 0.3) is 4.96 Å². The summed E-state index contributed by atoms with van der Waals surface area (Å²) >= 11 is 1.72. The second-order valence-corrected chi connectivity index (χ2v) is 6.87. The largest absolute Gasteiger partial charge is 0.352 e. The summed E-state index contributed by atoms with van der Waals surface area (Å²) in [6.45, 7) is 9.72. The third-order valence-corrected chi connectivity index (χ3v) is 4.46. The molecule has 0 bridgehead atoms. The maximum absolute atomic E-state index is 4.91. The fourth-order valence-electron chi connectivity index (χ4n) is 2.65.